The molecule has 0 heterocycles. The zero-order valence-electron chi connectivity index (χ0n) is 11.3. The van der Waals surface area contributed by atoms with Gasteiger partial charge in [0.05, 0.1) is 0 Å². The molecule has 1 rings (SSSR count). The number of hydrogen-bond acceptors (Lipinski definition) is 2. The summed E-state index contributed by atoms with van der Waals surface area (Å²) in [5, 5.41) is 12.0. The van der Waals surface area contributed by atoms with Crippen LogP contribution >= 0.6 is 0 Å². The number of unbranched alkanes of at least 4 members (excludes halogenated alkanes) is 1. The molecule has 0 saturated heterocycles. The van der Waals surface area contributed by atoms with E-state index in [4.69, 9.17) is 5.11 Å². The molecule has 0 unspecified atom stereocenters. The van der Waals surface area contributed by atoms with E-state index in [-0.39, 0.29) is 0 Å². The minimum atomic E-state index is -0.684. The highest BCUT2D eigenvalue weighted by molar-refractivity contribution is 5.66. The van der Waals surface area contributed by atoms with Gasteiger partial charge < -0.3 is 10.4 Å². The zero-order chi connectivity index (χ0) is 12.7. The molecular formula is C14H27NO2. The fourth-order valence-corrected chi connectivity index (χ4v) is 2.79. The molecule has 1 aliphatic carbocycles. The van der Waals surface area contributed by atoms with Crippen molar-refractivity contribution in [2.24, 2.45) is 11.3 Å². The summed E-state index contributed by atoms with van der Waals surface area (Å²) in [7, 11) is 0. The van der Waals surface area contributed by atoms with Gasteiger partial charge in [-0.25, -0.2) is 0 Å². The van der Waals surface area contributed by atoms with Crippen LogP contribution in [0.2, 0.25) is 0 Å². The topological polar surface area (TPSA) is 49.3 Å². The molecule has 3 heteroatoms. The van der Waals surface area contributed by atoms with E-state index in [0.717, 1.165) is 31.8 Å². The van der Waals surface area contributed by atoms with Gasteiger partial charge in [-0.3, -0.25) is 4.79 Å². The molecular weight excluding hydrogens is 214 g/mol. The Morgan fingerprint density at radius 3 is 2.53 bits per heavy atom. The van der Waals surface area contributed by atoms with Gasteiger partial charge in [0, 0.05) is 13.0 Å². The SMILES string of the molecule is CC(C)(CNCCCCC(=O)O)C1CCCC1. The zero-order valence-corrected chi connectivity index (χ0v) is 11.3. The molecule has 100 valence electrons. The normalized spacial score (nSPS) is 17.5. The van der Waals surface area contributed by atoms with Crippen LogP contribution < -0.4 is 5.32 Å². The van der Waals surface area contributed by atoms with Crippen molar-refractivity contribution in [3.63, 3.8) is 0 Å². The molecule has 0 aliphatic heterocycles. The molecule has 0 amide bonds. The van der Waals surface area contributed by atoms with Gasteiger partial charge in [-0.05, 0) is 43.6 Å². The third-order valence-electron chi connectivity index (χ3n) is 4.04. The lowest BCUT2D eigenvalue weighted by Crippen LogP contribution is -2.35. The van der Waals surface area contributed by atoms with Crippen LogP contribution in [-0.4, -0.2) is 24.2 Å². The third kappa shape index (κ3) is 5.53. The fourth-order valence-electron chi connectivity index (χ4n) is 2.79. The molecule has 1 aliphatic rings. The van der Waals surface area contributed by atoms with Gasteiger partial charge in [-0.1, -0.05) is 26.7 Å². The Hall–Kier alpha value is -0.570. The number of rotatable bonds is 8. The Morgan fingerprint density at radius 2 is 1.94 bits per heavy atom. The van der Waals surface area contributed by atoms with Crippen molar-refractivity contribution in [1.29, 1.82) is 0 Å². The lowest BCUT2D eigenvalue weighted by atomic mass is 9.78. The van der Waals surface area contributed by atoms with E-state index in [9.17, 15) is 4.79 Å². The van der Waals surface area contributed by atoms with Crippen molar-refractivity contribution in [1.82, 2.24) is 5.32 Å². The maximum Gasteiger partial charge on any atom is 0.303 e. The Kier molecular flexibility index (Phi) is 5.96. The number of aliphatic carboxylic acids is 1. The maximum absolute atomic E-state index is 10.3. The minimum absolute atomic E-state index is 0.299. The van der Waals surface area contributed by atoms with Gasteiger partial charge in [0.25, 0.3) is 0 Å². The molecule has 0 spiro atoms. The van der Waals surface area contributed by atoms with Crippen LogP contribution in [0.1, 0.15) is 58.8 Å². The number of hydrogen-bond donors (Lipinski definition) is 2. The molecule has 0 atom stereocenters. The molecule has 0 aromatic heterocycles. The largest absolute Gasteiger partial charge is 0.481 e. The van der Waals surface area contributed by atoms with E-state index >= 15 is 0 Å². The van der Waals surface area contributed by atoms with Gasteiger partial charge >= 0.3 is 5.97 Å². The predicted molar refractivity (Wildman–Crippen MR) is 70.1 cm³/mol. The molecule has 0 bridgehead atoms. The molecule has 2 N–H and O–H groups in total. The average Bonchev–Trinajstić information content (AvgIpc) is 2.76. The van der Waals surface area contributed by atoms with Crippen LogP contribution in [0.15, 0.2) is 0 Å². The smallest absolute Gasteiger partial charge is 0.303 e. The quantitative estimate of drug-likeness (QED) is 0.642. The molecule has 0 aromatic carbocycles. The number of carbonyl (C=O) groups is 1. The van der Waals surface area contributed by atoms with Crippen LogP contribution in [0.4, 0.5) is 0 Å². The highest BCUT2D eigenvalue weighted by Crippen LogP contribution is 2.38. The molecule has 1 fully saturated rings. The summed E-state index contributed by atoms with van der Waals surface area (Å²) in [6.45, 7) is 6.72. The second-order valence-corrected chi connectivity index (χ2v) is 6.00. The summed E-state index contributed by atoms with van der Waals surface area (Å²) in [6.07, 6.45) is 7.60. The first kappa shape index (κ1) is 14.5. The molecule has 3 nitrogen and oxygen atoms in total. The first-order valence-corrected chi connectivity index (χ1v) is 6.95. The van der Waals surface area contributed by atoms with Gasteiger partial charge in [0.2, 0.25) is 0 Å². The van der Waals surface area contributed by atoms with E-state index in [2.05, 4.69) is 19.2 Å². The van der Waals surface area contributed by atoms with Crippen LogP contribution in [0.25, 0.3) is 0 Å². The highest BCUT2D eigenvalue weighted by Gasteiger charge is 2.31. The third-order valence-corrected chi connectivity index (χ3v) is 4.04. The van der Waals surface area contributed by atoms with Crippen molar-refractivity contribution in [2.75, 3.05) is 13.1 Å². The van der Waals surface area contributed by atoms with Crippen molar-refractivity contribution in [3.05, 3.63) is 0 Å². The van der Waals surface area contributed by atoms with Crippen LogP contribution in [-0.2, 0) is 4.79 Å². The Bertz CT molecular complexity index is 232. The molecule has 0 radical (unpaired) electrons. The van der Waals surface area contributed by atoms with Gasteiger partial charge in [0.1, 0.15) is 0 Å². The Labute approximate surface area is 105 Å². The van der Waals surface area contributed by atoms with Crippen molar-refractivity contribution >= 4 is 5.97 Å². The molecule has 17 heavy (non-hydrogen) atoms. The summed E-state index contributed by atoms with van der Waals surface area (Å²) in [5.41, 5.74) is 0.392. The fraction of sp³-hybridized carbons (Fsp3) is 0.929. The number of carboxylic acids is 1. The van der Waals surface area contributed by atoms with Crippen molar-refractivity contribution < 1.29 is 9.90 Å². The summed E-state index contributed by atoms with van der Waals surface area (Å²) < 4.78 is 0. The highest BCUT2D eigenvalue weighted by atomic mass is 16.4. The monoisotopic (exact) mass is 241 g/mol. The van der Waals surface area contributed by atoms with E-state index in [1.807, 2.05) is 0 Å². The first-order chi connectivity index (χ1) is 8.02. The van der Waals surface area contributed by atoms with Crippen LogP contribution in [0.3, 0.4) is 0 Å². The van der Waals surface area contributed by atoms with E-state index in [1.165, 1.54) is 25.7 Å². The minimum Gasteiger partial charge on any atom is -0.481 e. The van der Waals surface area contributed by atoms with E-state index in [1.54, 1.807) is 0 Å². The number of nitrogens with one attached hydrogen (secondary N) is 1. The lowest BCUT2D eigenvalue weighted by molar-refractivity contribution is -0.137. The first-order valence-electron chi connectivity index (χ1n) is 6.95. The Morgan fingerprint density at radius 1 is 1.29 bits per heavy atom. The molecule has 1 saturated carbocycles. The standard InChI is InChI=1S/C14H27NO2/c1-14(2,12-7-3-4-8-12)11-15-10-6-5-9-13(16)17/h12,15H,3-11H2,1-2H3,(H,16,17). The predicted octanol–water partition coefficient (Wildman–Crippen LogP) is 3.05. The van der Waals surface area contributed by atoms with Crippen molar-refractivity contribution in [3.8, 4) is 0 Å². The van der Waals surface area contributed by atoms with Gasteiger partial charge in [-0.2, -0.15) is 0 Å². The maximum atomic E-state index is 10.3. The van der Waals surface area contributed by atoms with Gasteiger partial charge in [0.15, 0.2) is 0 Å². The van der Waals surface area contributed by atoms with Crippen molar-refractivity contribution in [2.45, 2.75) is 58.8 Å². The van der Waals surface area contributed by atoms with E-state index < -0.39 is 5.97 Å². The Balaban J connectivity index is 2.06. The summed E-state index contributed by atoms with van der Waals surface area (Å²) in [6, 6.07) is 0. The summed E-state index contributed by atoms with van der Waals surface area (Å²) >= 11 is 0. The number of carboxylic acid groups (broad SMARTS) is 1. The van der Waals surface area contributed by atoms with Crippen LogP contribution in [0.5, 0.6) is 0 Å². The average molecular weight is 241 g/mol. The second-order valence-electron chi connectivity index (χ2n) is 6.00. The summed E-state index contributed by atoms with van der Waals surface area (Å²) in [5.74, 6) is 0.185. The lowest BCUT2D eigenvalue weighted by Gasteiger charge is -2.32. The van der Waals surface area contributed by atoms with Crippen LogP contribution in [0, 0.1) is 11.3 Å². The summed E-state index contributed by atoms with van der Waals surface area (Å²) in [4.78, 5) is 10.3. The molecule has 0 aromatic rings. The second kappa shape index (κ2) is 7.00. The van der Waals surface area contributed by atoms with E-state index in [0.29, 0.717) is 11.8 Å². The van der Waals surface area contributed by atoms with Gasteiger partial charge in [-0.15, -0.1) is 0 Å².